The van der Waals surface area contributed by atoms with Crippen molar-refractivity contribution in [2.75, 3.05) is 96.6 Å². The molecule has 64 heavy (non-hydrogen) atoms. The van der Waals surface area contributed by atoms with Crippen molar-refractivity contribution < 1.29 is 43.6 Å². The van der Waals surface area contributed by atoms with Gasteiger partial charge in [0, 0.05) is 73.0 Å². The normalized spacial score (nSPS) is 13.7. The SMILES string of the molecule is Cc1ccc(O)cc1[N+](=O)[O-].Cc1ccc(OCCCBr)cc1[N+](=O)[O-].Cc1ccc(OCCCN2CCOCC2)cc1N.Cc1ccc(OCCCN2CCOCC2)cc1[N+](=O)[O-]. The molecule has 0 radical (unpaired) electrons. The molecule has 0 atom stereocenters. The van der Waals surface area contributed by atoms with Crippen LogP contribution in [0.2, 0.25) is 0 Å². The van der Waals surface area contributed by atoms with Crippen molar-refractivity contribution in [2.45, 2.75) is 47.0 Å². The number of halogens is 1. The number of nitro groups is 3. The number of nitrogen functional groups attached to an aromatic ring is 1. The van der Waals surface area contributed by atoms with Crippen LogP contribution in [0.1, 0.15) is 41.5 Å². The van der Waals surface area contributed by atoms with Crippen LogP contribution in [0.3, 0.4) is 0 Å². The summed E-state index contributed by atoms with van der Waals surface area (Å²) >= 11 is 3.28. The highest BCUT2D eigenvalue weighted by molar-refractivity contribution is 9.09. The molecule has 4 aromatic rings. The maximum absolute atomic E-state index is 10.8. The standard InChI is InChI=1S/C14H20N2O4.C14H22N2O2.C10H12BrNO3.C7H7NO3/c1-12-3-4-13(11-14(12)16(17)18)20-8-2-5-15-6-9-19-10-7-15;1-12-3-4-13(11-14(12)15)18-8-2-5-16-6-9-17-10-7-16;1-8-3-4-9(15-6-2-5-11)7-10(8)12(13)14;1-5-2-3-6(9)4-7(5)8(10)11/h3-4,11H,2,5-10H2,1H3;3-4,11H,2,5-10,15H2,1H3;3-4,7H,2,5-6H2,1H3;2-4,9H,1H3. The Morgan fingerprint density at radius 2 is 0.938 bits per heavy atom. The molecule has 0 amide bonds. The smallest absolute Gasteiger partial charge is 0.275 e. The summed E-state index contributed by atoms with van der Waals surface area (Å²) in [5.74, 6) is 1.89. The average Bonchev–Trinajstić information content (AvgIpc) is 3.28. The van der Waals surface area contributed by atoms with Crippen molar-refractivity contribution in [1.29, 1.82) is 0 Å². The van der Waals surface area contributed by atoms with Gasteiger partial charge in [0.1, 0.15) is 23.0 Å². The van der Waals surface area contributed by atoms with Crippen molar-refractivity contribution in [3.8, 4) is 23.0 Å². The fourth-order valence-electron chi connectivity index (χ4n) is 6.10. The molecule has 4 aromatic carbocycles. The van der Waals surface area contributed by atoms with Crippen LogP contribution in [0.25, 0.3) is 0 Å². The summed E-state index contributed by atoms with van der Waals surface area (Å²) in [4.78, 5) is 35.2. The van der Waals surface area contributed by atoms with Crippen molar-refractivity contribution in [3.63, 3.8) is 0 Å². The van der Waals surface area contributed by atoms with Crippen LogP contribution < -0.4 is 19.9 Å². The van der Waals surface area contributed by atoms with E-state index in [2.05, 4.69) is 25.7 Å². The molecule has 2 aliphatic heterocycles. The van der Waals surface area contributed by atoms with Crippen molar-refractivity contribution in [1.82, 2.24) is 9.80 Å². The minimum absolute atomic E-state index is 0.0509. The summed E-state index contributed by atoms with van der Waals surface area (Å²) in [7, 11) is 0. The quantitative estimate of drug-likeness (QED) is 0.0333. The molecule has 18 nitrogen and oxygen atoms in total. The van der Waals surface area contributed by atoms with Gasteiger partial charge in [-0.1, -0.05) is 22.0 Å². The van der Waals surface area contributed by atoms with E-state index < -0.39 is 9.85 Å². The molecule has 19 heteroatoms. The van der Waals surface area contributed by atoms with Crippen molar-refractivity contribution in [2.24, 2.45) is 0 Å². The monoisotopic (exact) mass is 956 g/mol. The lowest BCUT2D eigenvalue weighted by atomic mass is 10.2. The molecule has 0 aromatic heterocycles. The molecule has 2 fully saturated rings. The third-order valence-corrected chi connectivity index (χ3v) is 10.5. The number of ether oxygens (including phenoxy) is 5. The van der Waals surface area contributed by atoms with Gasteiger partial charge >= 0.3 is 0 Å². The number of alkyl halides is 1. The average molecular weight is 958 g/mol. The Kier molecular flexibility index (Phi) is 23.9. The predicted octanol–water partition coefficient (Wildman–Crippen LogP) is 8.36. The Hall–Kier alpha value is -5.60. The summed E-state index contributed by atoms with van der Waals surface area (Å²) in [5.41, 5.74) is 9.73. The van der Waals surface area contributed by atoms with Gasteiger partial charge in [0.2, 0.25) is 0 Å². The first-order valence-electron chi connectivity index (χ1n) is 21.0. The molecular formula is C45H61BrN6O12. The molecule has 0 unspecified atom stereocenters. The van der Waals surface area contributed by atoms with Crippen molar-refractivity contribution in [3.05, 3.63) is 125 Å². The molecule has 0 bridgehead atoms. The Morgan fingerprint density at radius 3 is 1.31 bits per heavy atom. The van der Waals surface area contributed by atoms with E-state index in [0.29, 0.717) is 41.4 Å². The van der Waals surface area contributed by atoms with E-state index in [4.69, 9.17) is 34.5 Å². The Balaban J connectivity index is 0.000000232. The number of hydrogen-bond acceptors (Lipinski definition) is 15. The van der Waals surface area contributed by atoms with Gasteiger partial charge in [0.15, 0.2) is 0 Å². The fraction of sp³-hybridized carbons (Fsp3) is 0.467. The van der Waals surface area contributed by atoms with Crippen LogP contribution in [-0.4, -0.2) is 121 Å². The zero-order valence-corrected chi connectivity index (χ0v) is 38.7. The number of phenolic OH excluding ortho intramolecular Hbond substituents is 1. The van der Waals surface area contributed by atoms with Gasteiger partial charge in [0.05, 0.1) is 79.2 Å². The Bertz CT molecular complexity index is 2070. The minimum Gasteiger partial charge on any atom is -0.508 e. The molecule has 3 N–H and O–H groups in total. The number of nitro benzene ring substituents is 3. The van der Waals surface area contributed by atoms with Gasteiger partial charge in [-0.2, -0.15) is 0 Å². The number of rotatable bonds is 17. The van der Waals surface area contributed by atoms with Crippen LogP contribution in [0.15, 0.2) is 72.8 Å². The zero-order chi connectivity index (χ0) is 46.9. The van der Waals surface area contributed by atoms with Crippen LogP contribution in [-0.2, 0) is 9.47 Å². The van der Waals surface area contributed by atoms with E-state index >= 15 is 0 Å². The Morgan fingerprint density at radius 1 is 0.578 bits per heavy atom. The fourth-order valence-corrected chi connectivity index (χ4v) is 6.33. The van der Waals surface area contributed by atoms with E-state index in [-0.39, 0.29) is 27.7 Å². The van der Waals surface area contributed by atoms with Gasteiger partial charge in [-0.25, -0.2) is 0 Å². The highest BCUT2D eigenvalue weighted by Gasteiger charge is 2.14. The second kappa shape index (κ2) is 29.0. The molecule has 2 saturated heterocycles. The maximum atomic E-state index is 10.8. The van der Waals surface area contributed by atoms with E-state index in [1.54, 1.807) is 45.0 Å². The van der Waals surface area contributed by atoms with E-state index in [0.717, 1.165) is 120 Å². The first kappa shape index (κ1) is 52.7. The van der Waals surface area contributed by atoms with Gasteiger partial charge < -0.3 is 34.5 Å². The number of aromatic hydroxyl groups is 1. The van der Waals surface area contributed by atoms with Crippen LogP contribution in [0, 0.1) is 58.0 Å². The summed E-state index contributed by atoms with van der Waals surface area (Å²) in [6.07, 6.45) is 2.82. The zero-order valence-electron chi connectivity index (χ0n) is 37.1. The molecule has 350 valence electrons. The second-order valence-corrected chi connectivity index (χ2v) is 15.7. The summed E-state index contributed by atoms with van der Waals surface area (Å²) in [6, 6.07) is 19.8. The molecule has 0 aliphatic carbocycles. The van der Waals surface area contributed by atoms with Crippen LogP contribution in [0.4, 0.5) is 22.7 Å². The highest BCUT2D eigenvalue weighted by Crippen LogP contribution is 2.26. The number of hydrogen-bond donors (Lipinski definition) is 2. The largest absolute Gasteiger partial charge is 0.508 e. The molecule has 6 rings (SSSR count). The third kappa shape index (κ3) is 19.8. The molecule has 2 heterocycles. The van der Waals surface area contributed by atoms with Crippen LogP contribution >= 0.6 is 15.9 Å². The molecule has 0 saturated carbocycles. The maximum Gasteiger partial charge on any atom is 0.275 e. The summed E-state index contributed by atoms with van der Waals surface area (Å²) in [5, 5.41) is 41.5. The number of nitrogens with two attached hydrogens (primary N) is 1. The first-order valence-corrected chi connectivity index (χ1v) is 22.1. The number of aryl methyl sites for hydroxylation is 4. The second-order valence-electron chi connectivity index (χ2n) is 14.9. The van der Waals surface area contributed by atoms with E-state index in [9.17, 15) is 30.3 Å². The molecular weight excluding hydrogens is 896 g/mol. The molecule has 0 spiro atoms. The lowest BCUT2D eigenvalue weighted by Crippen LogP contribution is -2.37. The Labute approximate surface area is 382 Å². The van der Waals surface area contributed by atoms with Gasteiger partial charge in [-0.15, -0.1) is 0 Å². The minimum atomic E-state index is -0.519. The molecule has 2 aliphatic rings. The summed E-state index contributed by atoms with van der Waals surface area (Å²) in [6.45, 7) is 18.3. The number of nitrogens with zero attached hydrogens (tertiary/aromatic N) is 5. The van der Waals surface area contributed by atoms with Gasteiger partial charge in [-0.05, 0) is 95.0 Å². The predicted molar refractivity (Wildman–Crippen MR) is 249 cm³/mol. The van der Waals surface area contributed by atoms with E-state index in [1.165, 1.54) is 24.3 Å². The lowest BCUT2D eigenvalue weighted by molar-refractivity contribution is -0.385. The van der Waals surface area contributed by atoms with Crippen molar-refractivity contribution >= 4 is 38.7 Å². The van der Waals surface area contributed by atoms with Crippen LogP contribution in [0.5, 0.6) is 23.0 Å². The number of phenols is 1. The topological polar surface area (TPSA) is 228 Å². The highest BCUT2D eigenvalue weighted by atomic mass is 79.9. The van der Waals surface area contributed by atoms with Gasteiger partial charge in [0.25, 0.3) is 17.1 Å². The lowest BCUT2D eigenvalue weighted by Gasteiger charge is -2.26. The van der Waals surface area contributed by atoms with Gasteiger partial charge in [-0.3, -0.25) is 40.1 Å². The third-order valence-electron chi connectivity index (χ3n) is 9.92. The van der Waals surface area contributed by atoms with E-state index in [1.807, 2.05) is 25.1 Å². The number of morpholine rings is 2. The first-order chi connectivity index (χ1) is 30.7. The number of anilines is 1. The number of benzene rings is 4. The summed E-state index contributed by atoms with van der Waals surface area (Å²) < 4.78 is 27.2.